The predicted octanol–water partition coefficient (Wildman–Crippen LogP) is 2.20. The predicted molar refractivity (Wildman–Crippen MR) is 78.3 cm³/mol. The van der Waals surface area contributed by atoms with Crippen LogP contribution in [0.5, 0.6) is 5.75 Å². The number of rotatable bonds is 5. The Hall–Kier alpha value is -1.71. The van der Waals surface area contributed by atoms with E-state index in [0.29, 0.717) is 19.1 Å². The number of nitrogen functional groups attached to an aromatic ring is 1. The Balaban J connectivity index is 1.37. The van der Waals surface area contributed by atoms with Crippen molar-refractivity contribution in [3.8, 4) is 5.75 Å². The van der Waals surface area contributed by atoms with E-state index in [9.17, 15) is 4.79 Å². The van der Waals surface area contributed by atoms with Crippen molar-refractivity contribution in [3.63, 3.8) is 0 Å². The van der Waals surface area contributed by atoms with Crippen LogP contribution in [0.3, 0.4) is 0 Å². The maximum Gasteiger partial charge on any atom is 0.223 e. The Kier molecular flexibility index (Phi) is 3.81. The van der Waals surface area contributed by atoms with Crippen molar-refractivity contribution in [3.05, 3.63) is 24.3 Å². The molecule has 3 N–H and O–H groups in total. The van der Waals surface area contributed by atoms with Crippen molar-refractivity contribution in [2.45, 2.75) is 25.7 Å². The molecule has 0 radical (unpaired) electrons. The molecule has 2 saturated carbocycles. The summed E-state index contributed by atoms with van der Waals surface area (Å²) in [4.78, 5) is 12.1. The van der Waals surface area contributed by atoms with Crippen molar-refractivity contribution >= 4 is 11.6 Å². The number of benzene rings is 1. The van der Waals surface area contributed by atoms with Crippen molar-refractivity contribution in [1.82, 2.24) is 5.32 Å². The molecule has 20 heavy (non-hydrogen) atoms. The molecule has 4 heteroatoms. The minimum atomic E-state index is 0.220. The SMILES string of the molecule is Nc1ccc(OCCNC(=O)C2CC3CCC2C3)cc1. The first kappa shape index (κ1) is 13.3. The number of nitrogens with two attached hydrogens (primary N) is 1. The van der Waals surface area contributed by atoms with Gasteiger partial charge in [-0.1, -0.05) is 6.42 Å². The fourth-order valence-electron chi connectivity index (χ4n) is 3.60. The molecular weight excluding hydrogens is 252 g/mol. The molecule has 2 aliphatic carbocycles. The zero-order chi connectivity index (χ0) is 13.9. The largest absolute Gasteiger partial charge is 0.492 e. The number of carbonyl (C=O) groups excluding carboxylic acids is 1. The second-order valence-electron chi connectivity index (χ2n) is 5.99. The summed E-state index contributed by atoms with van der Waals surface area (Å²) in [5, 5.41) is 3.00. The third-order valence-corrected chi connectivity index (χ3v) is 4.62. The van der Waals surface area contributed by atoms with Gasteiger partial charge in [0.15, 0.2) is 0 Å². The monoisotopic (exact) mass is 274 g/mol. The highest BCUT2D eigenvalue weighted by atomic mass is 16.5. The van der Waals surface area contributed by atoms with Crippen LogP contribution in [0.4, 0.5) is 5.69 Å². The van der Waals surface area contributed by atoms with Gasteiger partial charge in [-0.25, -0.2) is 0 Å². The molecular formula is C16H22N2O2. The molecule has 2 bridgehead atoms. The summed E-state index contributed by atoms with van der Waals surface area (Å²) in [6.07, 6.45) is 4.93. The summed E-state index contributed by atoms with van der Waals surface area (Å²) in [5.74, 6) is 2.71. The third-order valence-electron chi connectivity index (χ3n) is 4.62. The van der Waals surface area contributed by atoms with Crippen LogP contribution in [0, 0.1) is 17.8 Å². The molecule has 108 valence electrons. The van der Waals surface area contributed by atoms with E-state index in [1.54, 1.807) is 0 Å². The van der Waals surface area contributed by atoms with Crippen LogP contribution in [0.1, 0.15) is 25.7 Å². The van der Waals surface area contributed by atoms with Crippen LogP contribution >= 0.6 is 0 Å². The molecule has 3 rings (SSSR count). The van der Waals surface area contributed by atoms with Crippen LogP contribution in [-0.2, 0) is 4.79 Å². The molecule has 1 amide bonds. The minimum Gasteiger partial charge on any atom is -0.492 e. The van der Waals surface area contributed by atoms with Gasteiger partial charge >= 0.3 is 0 Å². The van der Waals surface area contributed by atoms with Crippen LogP contribution in [-0.4, -0.2) is 19.1 Å². The Morgan fingerprint density at radius 1 is 1.25 bits per heavy atom. The van der Waals surface area contributed by atoms with Gasteiger partial charge in [0.25, 0.3) is 0 Å². The quantitative estimate of drug-likeness (QED) is 0.639. The van der Waals surface area contributed by atoms with E-state index < -0.39 is 0 Å². The van der Waals surface area contributed by atoms with Gasteiger partial charge < -0.3 is 15.8 Å². The molecule has 0 saturated heterocycles. The van der Waals surface area contributed by atoms with Crippen molar-refractivity contribution in [2.24, 2.45) is 17.8 Å². The fraction of sp³-hybridized carbons (Fsp3) is 0.562. The highest BCUT2D eigenvalue weighted by Crippen LogP contribution is 2.48. The second-order valence-corrected chi connectivity index (χ2v) is 5.99. The topological polar surface area (TPSA) is 64.3 Å². The molecule has 0 heterocycles. The van der Waals surface area contributed by atoms with Crippen LogP contribution in [0.25, 0.3) is 0 Å². The van der Waals surface area contributed by atoms with Gasteiger partial charge in [-0.15, -0.1) is 0 Å². The number of carbonyl (C=O) groups is 1. The van der Waals surface area contributed by atoms with E-state index in [0.717, 1.165) is 23.8 Å². The summed E-state index contributed by atoms with van der Waals surface area (Å²) >= 11 is 0. The molecule has 3 unspecified atom stereocenters. The Morgan fingerprint density at radius 3 is 2.70 bits per heavy atom. The van der Waals surface area contributed by atoms with Gasteiger partial charge in [0.1, 0.15) is 12.4 Å². The normalized spacial score (nSPS) is 27.5. The number of hydrogen-bond acceptors (Lipinski definition) is 3. The lowest BCUT2D eigenvalue weighted by atomic mass is 9.88. The maximum absolute atomic E-state index is 12.1. The molecule has 4 nitrogen and oxygen atoms in total. The summed E-state index contributed by atoms with van der Waals surface area (Å²) in [6.45, 7) is 1.06. The molecule has 0 spiro atoms. The fourth-order valence-corrected chi connectivity index (χ4v) is 3.60. The van der Waals surface area contributed by atoms with E-state index in [2.05, 4.69) is 5.32 Å². The number of amides is 1. The minimum absolute atomic E-state index is 0.220. The summed E-state index contributed by atoms with van der Waals surface area (Å²) in [7, 11) is 0. The van der Waals surface area contributed by atoms with Crippen molar-refractivity contribution in [1.29, 1.82) is 0 Å². The van der Waals surface area contributed by atoms with Gasteiger partial charge in [0, 0.05) is 11.6 Å². The lowest BCUT2D eigenvalue weighted by Gasteiger charge is -2.20. The number of hydrogen-bond donors (Lipinski definition) is 2. The van der Waals surface area contributed by atoms with Crippen LogP contribution < -0.4 is 15.8 Å². The molecule has 1 aromatic rings. The molecule has 1 aromatic carbocycles. The summed E-state index contributed by atoms with van der Waals surface area (Å²) in [5.41, 5.74) is 6.33. The molecule has 3 atom stereocenters. The number of ether oxygens (including phenoxy) is 1. The van der Waals surface area contributed by atoms with Gasteiger partial charge in [-0.2, -0.15) is 0 Å². The molecule has 0 aliphatic heterocycles. The highest BCUT2D eigenvalue weighted by molar-refractivity contribution is 5.79. The summed E-state index contributed by atoms with van der Waals surface area (Å²) < 4.78 is 5.57. The Morgan fingerprint density at radius 2 is 2.05 bits per heavy atom. The highest BCUT2D eigenvalue weighted by Gasteiger charge is 2.42. The van der Waals surface area contributed by atoms with Gasteiger partial charge in [0.2, 0.25) is 5.91 Å². The Bertz CT molecular complexity index is 472. The molecule has 2 aliphatic rings. The van der Waals surface area contributed by atoms with E-state index in [-0.39, 0.29) is 11.8 Å². The summed E-state index contributed by atoms with van der Waals surface area (Å²) in [6, 6.07) is 7.30. The zero-order valence-corrected chi connectivity index (χ0v) is 11.7. The molecule has 0 aromatic heterocycles. The molecule has 2 fully saturated rings. The first-order chi connectivity index (χ1) is 9.72. The van der Waals surface area contributed by atoms with Gasteiger partial charge in [-0.3, -0.25) is 4.79 Å². The average molecular weight is 274 g/mol. The van der Waals surface area contributed by atoms with E-state index in [1.807, 2.05) is 24.3 Å². The first-order valence-corrected chi connectivity index (χ1v) is 7.48. The van der Waals surface area contributed by atoms with E-state index in [4.69, 9.17) is 10.5 Å². The van der Waals surface area contributed by atoms with Gasteiger partial charge in [-0.05, 0) is 55.4 Å². The number of anilines is 1. The van der Waals surface area contributed by atoms with Gasteiger partial charge in [0.05, 0.1) is 6.54 Å². The standard InChI is InChI=1S/C16H22N2O2/c17-13-3-5-14(6-4-13)20-8-7-18-16(19)15-10-11-1-2-12(15)9-11/h3-6,11-12,15H,1-2,7-10,17H2,(H,18,19). The first-order valence-electron chi connectivity index (χ1n) is 7.48. The van der Waals surface area contributed by atoms with E-state index in [1.165, 1.54) is 19.3 Å². The zero-order valence-electron chi connectivity index (χ0n) is 11.7. The van der Waals surface area contributed by atoms with E-state index >= 15 is 0 Å². The third kappa shape index (κ3) is 2.89. The average Bonchev–Trinajstić information content (AvgIpc) is 3.08. The maximum atomic E-state index is 12.1. The number of fused-ring (bicyclic) bond motifs is 2. The van der Waals surface area contributed by atoms with Crippen LogP contribution in [0.15, 0.2) is 24.3 Å². The lowest BCUT2D eigenvalue weighted by Crippen LogP contribution is -2.36. The second kappa shape index (κ2) is 5.73. The Labute approximate surface area is 119 Å². The smallest absolute Gasteiger partial charge is 0.223 e. The van der Waals surface area contributed by atoms with Crippen molar-refractivity contribution < 1.29 is 9.53 Å². The van der Waals surface area contributed by atoms with Crippen molar-refractivity contribution in [2.75, 3.05) is 18.9 Å². The van der Waals surface area contributed by atoms with Crippen LogP contribution in [0.2, 0.25) is 0 Å². The lowest BCUT2D eigenvalue weighted by molar-refractivity contribution is -0.126. The number of nitrogens with one attached hydrogen (secondary N) is 1.